The number of likely N-dealkylation sites (tertiary alicyclic amines) is 1. The molecule has 1 aliphatic rings. The lowest BCUT2D eigenvalue weighted by atomic mass is 9.93. The first-order valence-corrected chi connectivity index (χ1v) is 12.8. The van der Waals surface area contributed by atoms with Gasteiger partial charge in [-0.15, -0.1) is 0 Å². The lowest BCUT2D eigenvalue weighted by Crippen LogP contribution is -2.35. The Bertz CT molecular complexity index is 1200. The second-order valence-electron chi connectivity index (χ2n) is 9.48. The van der Waals surface area contributed by atoms with Gasteiger partial charge >= 0.3 is 0 Å². The van der Waals surface area contributed by atoms with Crippen LogP contribution in [0, 0.1) is 6.92 Å². The van der Waals surface area contributed by atoms with Gasteiger partial charge in [0.2, 0.25) is 0 Å². The Labute approximate surface area is 225 Å². The molecule has 0 bridgehead atoms. The topological polar surface area (TPSA) is 88.5 Å². The van der Waals surface area contributed by atoms with Crippen LogP contribution in [0.25, 0.3) is 5.76 Å². The SMILES string of the molecule is C=CCOc1ccc(C2C(=C(O)c3ccc(OCCCC)cc3C)C(=O)C(=O)N2CCN(C)C)cc1OC. The molecule has 1 unspecified atom stereocenters. The normalized spacial score (nSPS) is 16.7. The lowest BCUT2D eigenvalue weighted by Gasteiger charge is -2.27. The quantitative estimate of drug-likeness (QED) is 0.134. The van der Waals surface area contributed by atoms with Crippen LogP contribution in [0.1, 0.15) is 42.5 Å². The standard InChI is InChI=1S/C30H38N2O6/c1-7-9-17-37-22-11-12-23(20(3)18-22)28(33)26-27(32(15-14-31(4)5)30(35)29(26)34)21-10-13-24(38-16-8-2)25(19-21)36-6/h8,10-13,18-19,27,33H,2,7,9,14-17H2,1,3-6H3. The van der Waals surface area contributed by atoms with Crippen molar-refractivity contribution in [1.82, 2.24) is 9.80 Å². The van der Waals surface area contributed by atoms with Crippen LogP contribution in [0.4, 0.5) is 0 Å². The summed E-state index contributed by atoms with van der Waals surface area (Å²) in [6, 6.07) is 9.78. The molecule has 0 saturated carbocycles. The van der Waals surface area contributed by atoms with E-state index in [1.54, 1.807) is 36.4 Å². The van der Waals surface area contributed by atoms with Gasteiger partial charge in [-0.1, -0.05) is 32.1 Å². The van der Waals surface area contributed by atoms with Gasteiger partial charge in [-0.2, -0.15) is 0 Å². The number of benzene rings is 2. The third kappa shape index (κ3) is 6.37. The minimum absolute atomic E-state index is 0.0401. The second kappa shape index (κ2) is 13.1. The maximum Gasteiger partial charge on any atom is 0.295 e. The molecule has 1 atom stereocenters. The van der Waals surface area contributed by atoms with Crippen LogP contribution in [-0.4, -0.2) is 74.1 Å². The Balaban J connectivity index is 2.11. The van der Waals surface area contributed by atoms with E-state index in [4.69, 9.17) is 14.2 Å². The monoisotopic (exact) mass is 522 g/mol. The van der Waals surface area contributed by atoms with Gasteiger partial charge in [0.15, 0.2) is 11.5 Å². The summed E-state index contributed by atoms with van der Waals surface area (Å²) < 4.78 is 17.0. The summed E-state index contributed by atoms with van der Waals surface area (Å²) in [6.07, 6.45) is 3.60. The van der Waals surface area contributed by atoms with Crippen molar-refractivity contribution in [3.05, 3.63) is 71.3 Å². The number of aryl methyl sites for hydroxylation is 1. The molecule has 1 fully saturated rings. The molecule has 0 aliphatic carbocycles. The minimum Gasteiger partial charge on any atom is -0.507 e. The van der Waals surface area contributed by atoms with E-state index in [0.717, 1.165) is 18.4 Å². The first kappa shape index (κ1) is 28.8. The molecule has 1 N–H and O–H groups in total. The van der Waals surface area contributed by atoms with Crippen molar-refractivity contribution in [3.8, 4) is 17.2 Å². The maximum absolute atomic E-state index is 13.4. The van der Waals surface area contributed by atoms with Gasteiger partial charge in [-0.3, -0.25) is 9.59 Å². The van der Waals surface area contributed by atoms with Gasteiger partial charge in [0.25, 0.3) is 11.7 Å². The zero-order valence-corrected chi connectivity index (χ0v) is 23.0. The highest BCUT2D eigenvalue weighted by Crippen LogP contribution is 2.42. The van der Waals surface area contributed by atoms with Crippen LogP contribution < -0.4 is 14.2 Å². The lowest BCUT2D eigenvalue weighted by molar-refractivity contribution is -0.140. The molecule has 0 spiro atoms. The Kier molecular flexibility index (Phi) is 9.96. The van der Waals surface area contributed by atoms with E-state index in [1.165, 1.54) is 12.0 Å². The maximum atomic E-state index is 13.4. The highest BCUT2D eigenvalue weighted by Gasteiger charge is 2.46. The largest absolute Gasteiger partial charge is 0.507 e. The first-order chi connectivity index (χ1) is 18.2. The Morgan fingerprint density at radius 3 is 2.53 bits per heavy atom. The fourth-order valence-electron chi connectivity index (χ4n) is 4.36. The van der Waals surface area contributed by atoms with E-state index in [1.807, 2.05) is 32.0 Å². The number of Topliss-reactive ketones (excluding diaryl/α,β-unsaturated/α-hetero) is 1. The van der Waals surface area contributed by atoms with Gasteiger partial charge in [0.05, 0.1) is 25.3 Å². The third-order valence-corrected chi connectivity index (χ3v) is 6.41. The molecule has 8 heteroatoms. The first-order valence-electron chi connectivity index (χ1n) is 12.8. The number of ether oxygens (including phenoxy) is 3. The van der Waals surface area contributed by atoms with Gasteiger partial charge in [-0.25, -0.2) is 0 Å². The number of aliphatic hydroxyl groups is 1. The van der Waals surface area contributed by atoms with Crippen LogP contribution >= 0.6 is 0 Å². The molecule has 1 amide bonds. The molecule has 38 heavy (non-hydrogen) atoms. The Morgan fingerprint density at radius 1 is 1.13 bits per heavy atom. The molecular weight excluding hydrogens is 484 g/mol. The van der Waals surface area contributed by atoms with E-state index in [2.05, 4.69) is 13.5 Å². The highest BCUT2D eigenvalue weighted by atomic mass is 16.5. The molecule has 1 aliphatic heterocycles. The number of aliphatic hydroxyl groups excluding tert-OH is 1. The molecule has 1 heterocycles. The van der Waals surface area contributed by atoms with Crippen molar-refractivity contribution in [2.24, 2.45) is 0 Å². The molecule has 0 radical (unpaired) electrons. The summed E-state index contributed by atoms with van der Waals surface area (Å²) in [5.74, 6) is 0.0594. The Hall–Kier alpha value is -3.78. The van der Waals surface area contributed by atoms with E-state index in [0.29, 0.717) is 54.7 Å². The number of carbonyl (C=O) groups excluding carboxylic acids is 2. The highest BCUT2D eigenvalue weighted by molar-refractivity contribution is 6.46. The van der Waals surface area contributed by atoms with Crippen molar-refractivity contribution in [2.45, 2.75) is 32.7 Å². The van der Waals surface area contributed by atoms with Gasteiger partial charge in [0.1, 0.15) is 18.1 Å². The fourth-order valence-corrected chi connectivity index (χ4v) is 4.36. The molecule has 0 aromatic heterocycles. The average Bonchev–Trinajstić information content (AvgIpc) is 3.15. The number of likely N-dealkylation sites (N-methyl/N-ethyl adjacent to an activating group) is 1. The number of amides is 1. The number of unbranched alkanes of at least 4 members (excludes halogenated alkanes) is 1. The molecule has 2 aromatic carbocycles. The predicted octanol–water partition coefficient (Wildman–Crippen LogP) is 4.73. The van der Waals surface area contributed by atoms with Crippen molar-refractivity contribution in [1.29, 1.82) is 0 Å². The van der Waals surface area contributed by atoms with Crippen LogP contribution in [0.3, 0.4) is 0 Å². The van der Waals surface area contributed by atoms with Crippen LogP contribution in [0.15, 0.2) is 54.6 Å². The summed E-state index contributed by atoms with van der Waals surface area (Å²) in [5.41, 5.74) is 1.88. The third-order valence-electron chi connectivity index (χ3n) is 6.41. The van der Waals surface area contributed by atoms with E-state index >= 15 is 0 Å². The van der Waals surface area contributed by atoms with Crippen LogP contribution in [0.5, 0.6) is 17.2 Å². The molecule has 1 saturated heterocycles. The number of ketones is 1. The molecule has 8 nitrogen and oxygen atoms in total. The summed E-state index contributed by atoms with van der Waals surface area (Å²) in [4.78, 5) is 30.0. The van der Waals surface area contributed by atoms with E-state index < -0.39 is 17.7 Å². The number of nitrogens with zero attached hydrogens (tertiary/aromatic N) is 2. The van der Waals surface area contributed by atoms with E-state index in [9.17, 15) is 14.7 Å². The number of rotatable bonds is 13. The zero-order chi connectivity index (χ0) is 27.8. The van der Waals surface area contributed by atoms with Gasteiger partial charge in [-0.05, 0) is 68.9 Å². The summed E-state index contributed by atoms with van der Waals surface area (Å²) in [5, 5.41) is 11.5. The number of methoxy groups -OCH3 is 1. The predicted molar refractivity (Wildman–Crippen MR) is 148 cm³/mol. The zero-order valence-electron chi connectivity index (χ0n) is 23.0. The van der Waals surface area contributed by atoms with Crippen molar-refractivity contribution >= 4 is 17.4 Å². The molecule has 2 aromatic rings. The molecule has 204 valence electrons. The molecule has 3 rings (SSSR count). The minimum atomic E-state index is -0.794. The fraction of sp³-hybridized carbons (Fsp3) is 0.400. The Morgan fingerprint density at radius 2 is 1.89 bits per heavy atom. The van der Waals surface area contributed by atoms with Crippen molar-refractivity contribution < 1.29 is 28.9 Å². The summed E-state index contributed by atoms with van der Waals surface area (Å²) in [7, 11) is 5.32. The molecular formula is C30H38N2O6. The van der Waals surface area contributed by atoms with Gasteiger partial charge < -0.3 is 29.1 Å². The van der Waals surface area contributed by atoms with Crippen LogP contribution in [-0.2, 0) is 9.59 Å². The van der Waals surface area contributed by atoms with Crippen molar-refractivity contribution in [2.75, 3.05) is 47.5 Å². The number of carbonyl (C=O) groups is 2. The van der Waals surface area contributed by atoms with E-state index in [-0.39, 0.29) is 11.3 Å². The number of hydrogen-bond acceptors (Lipinski definition) is 7. The smallest absolute Gasteiger partial charge is 0.295 e. The second-order valence-corrected chi connectivity index (χ2v) is 9.48. The van der Waals surface area contributed by atoms with Gasteiger partial charge in [0, 0.05) is 18.7 Å². The summed E-state index contributed by atoms with van der Waals surface area (Å²) >= 11 is 0. The number of hydrogen-bond donors (Lipinski definition) is 1. The summed E-state index contributed by atoms with van der Waals surface area (Å²) in [6.45, 7) is 9.36. The van der Waals surface area contributed by atoms with Crippen LogP contribution in [0.2, 0.25) is 0 Å². The van der Waals surface area contributed by atoms with Crippen molar-refractivity contribution in [3.63, 3.8) is 0 Å². The average molecular weight is 523 g/mol.